The number of rotatable bonds is 6. The first-order valence-electron chi connectivity index (χ1n) is 9.77. The lowest BCUT2D eigenvalue weighted by Crippen LogP contribution is -2.29. The first-order chi connectivity index (χ1) is 15.3. The summed E-state index contributed by atoms with van der Waals surface area (Å²) in [4.78, 5) is 13.0. The maximum atomic E-state index is 13.2. The van der Waals surface area contributed by atoms with Crippen molar-refractivity contribution in [1.29, 1.82) is 0 Å². The zero-order valence-corrected chi connectivity index (χ0v) is 19.0. The molecule has 3 aromatic rings. The van der Waals surface area contributed by atoms with E-state index in [-0.39, 0.29) is 10.8 Å². The van der Waals surface area contributed by atoms with Crippen molar-refractivity contribution in [1.82, 2.24) is 0 Å². The van der Waals surface area contributed by atoms with Crippen LogP contribution < -0.4 is 19.1 Å². The Labute approximate surface area is 191 Å². The molecular formula is C23H21ClN2O5S. The minimum absolute atomic E-state index is 0.160. The van der Waals surface area contributed by atoms with Crippen LogP contribution in [0.1, 0.15) is 15.9 Å². The summed E-state index contributed by atoms with van der Waals surface area (Å²) in [6.45, 7) is 0.324. The van der Waals surface area contributed by atoms with Crippen LogP contribution >= 0.6 is 11.6 Å². The van der Waals surface area contributed by atoms with Crippen LogP contribution in [0.3, 0.4) is 0 Å². The molecule has 4 rings (SSSR count). The van der Waals surface area contributed by atoms with E-state index >= 15 is 0 Å². The molecule has 0 saturated carbocycles. The van der Waals surface area contributed by atoms with Gasteiger partial charge in [0.15, 0.2) is 0 Å². The fourth-order valence-electron chi connectivity index (χ4n) is 3.55. The van der Waals surface area contributed by atoms with Gasteiger partial charge in [0.2, 0.25) is 0 Å². The van der Waals surface area contributed by atoms with E-state index < -0.39 is 10.0 Å². The van der Waals surface area contributed by atoms with Crippen LogP contribution in [-0.4, -0.2) is 35.1 Å². The summed E-state index contributed by atoms with van der Waals surface area (Å²) in [5.41, 5.74) is 2.27. The number of hydrogen-bond acceptors (Lipinski definition) is 5. The first kappa shape index (κ1) is 22.0. The number of amides is 1. The predicted octanol–water partition coefficient (Wildman–Crippen LogP) is 4.36. The summed E-state index contributed by atoms with van der Waals surface area (Å²) in [6.07, 6.45) is 0.587. The minimum atomic E-state index is -3.76. The Kier molecular flexibility index (Phi) is 5.99. The molecule has 1 aliphatic rings. The van der Waals surface area contributed by atoms with E-state index in [1.165, 1.54) is 30.7 Å². The van der Waals surface area contributed by atoms with Crippen molar-refractivity contribution in [3.8, 4) is 11.5 Å². The molecule has 7 nitrogen and oxygen atoms in total. The zero-order chi connectivity index (χ0) is 22.9. The molecule has 0 bridgehead atoms. The fourth-order valence-corrected chi connectivity index (χ4v) is 5.17. The highest BCUT2D eigenvalue weighted by Gasteiger charge is 2.31. The Bertz CT molecular complexity index is 1250. The van der Waals surface area contributed by atoms with Gasteiger partial charge in [0.05, 0.1) is 24.8 Å². The highest BCUT2D eigenvalue weighted by atomic mass is 35.5. The smallest absolute Gasteiger partial charge is 0.264 e. The second-order valence-electron chi connectivity index (χ2n) is 7.18. The molecule has 3 aromatic carbocycles. The molecule has 0 aromatic heterocycles. The molecule has 0 unspecified atom stereocenters. The number of ether oxygens (including phenoxy) is 2. The van der Waals surface area contributed by atoms with Crippen LogP contribution in [0.15, 0.2) is 65.6 Å². The van der Waals surface area contributed by atoms with Crippen molar-refractivity contribution in [2.45, 2.75) is 11.3 Å². The Hall–Kier alpha value is -3.23. The fraction of sp³-hybridized carbons (Fsp3) is 0.174. The Balaban J connectivity index is 1.62. The molecule has 1 heterocycles. The zero-order valence-electron chi connectivity index (χ0n) is 17.5. The molecule has 9 heteroatoms. The van der Waals surface area contributed by atoms with Gasteiger partial charge in [0.1, 0.15) is 11.5 Å². The van der Waals surface area contributed by atoms with Gasteiger partial charge >= 0.3 is 0 Å². The van der Waals surface area contributed by atoms with Gasteiger partial charge in [-0.2, -0.15) is 0 Å². The number of nitrogens with one attached hydrogen (secondary N) is 1. The maximum Gasteiger partial charge on any atom is 0.264 e. The van der Waals surface area contributed by atoms with Gasteiger partial charge in [-0.1, -0.05) is 17.7 Å². The Morgan fingerprint density at radius 1 is 0.969 bits per heavy atom. The number of methoxy groups -OCH3 is 2. The van der Waals surface area contributed by atoms with Gasteiger partial charge in [-0.3, -0.25) is 9.10 Å². The summed E-state index contributed by atoms with van der Waals surface area (Å²) in [6, 6.07) is 16.2. The third-order valence-corrected chi connectivity index (χ3v) is 7.29. The van der Waals surface area contributed by atoms with Crippen molar-refractivity contribution in [3.05, 3.63) is 76.8 Å². The third-order valence-electron chi connectivity index (χ3n) is 5.21. The number of fused-ring (bicyclic) bond motifs is 1. The number of carbonyl (C=O) groups excluding carboxylic acids is 1. The number of hydrogen-bond donors (Lipinski definition) is 1. The lowest BCUT2D eigenvalue weighted by atomic mass is 10.1. The van der Waals surface area contributed by atoms with E-state index in [0.29, 0.717) is 46.4 Å². The summed E-state index contributed by atoms with van der Waals surface area (Å²) in [5, 5.41) is 3.28. The molecule has 1 amide bonds. The van der Waals surface area contributed by atoms with Crippen LogP contribution in [0, 0.1) is 0 Å². The van der Waals surface area contributed by atoms with Gasteiger partial charge in [0.25, 0.3) is 15.9 Å². The van der Waals surface area contributed by atoms with E-state index in [0.717, 1.165) is 5.56 Å². The monoisotopic (exact) mass is 472 g/mol. The molecular weight excluding hydrogens is 452 g/mol. The SMILES string of the molecule is COc1cc(OC)cc(C(=O)Nc2ccc3c(c2)N(S(=O)(=O)c2ccc(Cl)cc2)CC3)c1. The summed E-state index contributed by atoms with van der Waals surface area (Å²) in [5.74, 6) is 0.611. The molecule has 0 saturated heterocycles. The lowest BCUT2D eigenvalue weighted by molar-refractivity contribution is 0.102. The molecule has 32 heavy (non-hydrogen) atoms. The van der Waals surface area contributed by atoms with E-state index in [9.17, 15) is 13.2 Å². The minimum Gasteiger partial charge on any atom is -0.497 e. The standard InChI is InChI=1S/C23H21ClN2O5S/c1-30-19-11-16(12-20(14-19)31-2)23(27)25-18-6-3-15-9-10-26(22(15)13-18)32(28,29)21-7-4-17(24)5-8-21/h3-8,11-14H,9-10H2,1-2H3,(H,25,27). The average molecular weight is 473 g/mol. The van der Waals surface area contributed by atoms with Crippen molar-refractivity contribution in [2.24, 2.45) is 0 Å². The van der Waals surface area contributed by atoms with E-state index in [2.05, 4.69) is 5.32 Å². The van der Waals surface area contributed by atoms with E-state index in [4.69, 9.17) is 21.1 Å². The van der Waals surface area contributed by atoms with Crippen molar-refractivity contribution in [3.63, 3.8) is 0 Å². The van der Waals surface area contributed by atoms with Crippen molar-refractivity contribution >= 4 is 38.9 Å². The van der Waals surface area contributed by atoms with E-state index in [1.54, 1.807) is 42.5 Å². The highest BCUT2D eigenvalue weighted by molar-refractivity contribution is 7.92. The van der Waals surface area contributed by atoms with Gasteiger partial charge in [-0.05, 0) is 60.5 Å². The van der Waals surface area contributed by atoms with Crippen molar-refractivity contribution in [2.75, 3.05) is 30.4 Å². The number of sulfonamides is 1. The lowest BCUT2D eigenvalue weighted by Gasteiger charge is -2.20. The molecule has 0 fully saturated rings. The summed E-state index contributed by atoms with van der Waals surface area (Å²) in [7, 11) is -0.742. The normalized spacial score (nSPS) is 12.9. The topological polar surface area (TPSA) is 84.9 Å². The van der Waals surface area contributed by atoms with Crippen LogP contribution in [0.4, 0.5) is 11.4 Å². The number of anilines is 2. The van der Waals surface area contributed by atoms with Crippen LogP contribution in [0.2, 0.25) is 5.02 Å². The molecule has 166 valence electrons. The number of benzene rings is 3. The molecule has 0 atom stereocenters. The average Bonchev–Trinajstić information content (AvgIpc) is 3.23. The van der Waals surface area contributed by atoms with Crippen LogP contribution in [0.5, 0.6) is 11.5 Å². The Morgan fingerprint density at radius 3 is 2.25 bits per heavy atom. The van der Waals surface area contributed by atoms with Gasteiger partial charge in [-0.15, -0.1) is 0 Å². The summed E-state index contributed by atoms with van der Waals surface area (Å²) < 4.78 is 38.1. The maximum absolute atomic E-state index is 13.2. The second kappa shape index (κ2) is 8.72. The quantitative estimate of drug-likeness (QED) is 0.576. The molecule has 0 radical (unpaired) electrons. The van der Waals surface area contributed by atoms with Gasteiger partial charge in [0, 0.05) is 28.9 Å². The number of nitrogens with zero attached hydrogens (tertiary/aromatic N) is 1. The highest BCUT2D eigenvalue weighted by Crippen LogP contribution is 2.35. The second-order valence-corrected chi connectivity index (χ2v) is 9.48. The molecule has 1 aliphatic heterocycles. The van der Waals surface area contributed by atoms with Crippen LogP contribution in [-0.2, 0) is 16.4 Å². The first-order valence-corrected chi connectivity index (χ1v) is 11.6. The predicted molar refractivity (Wildman–Crippen MR) is 124 cm³/mol. The Morgan fingerprint density at radius 2 is 1.62 bits per heavy atom. The van der Waals surface area contributed by atoms with Crippen LogP contribution in [0.25, 0.3) is 0 Å². The molecule has 0 aliphatic carbocycles. The van der Waals surface area contributed by atoms with Gasteiger partial charge in [-0.25, -0.2) is 8.42 Å². The number of carbonyl (C=O) groups is 1. The van der Waals surface area contributed by atoms with E-state index in [1.807, 2.05) is 6.07 Å². The third kappa shape index (κ3) is 4.24. The van der Waals surface area contributed by atoms with Gasteiger partial charge < -0.3 is 14.8 Å². The number of halogens is 1. The largest absolute Gasteiger partial charge is 0.497 e. The van der Waals surface area contributed by atoms with Crippen molar-refractivity contribution < 1.29 is 22.7 Å². The molecule has 1 N–H and O–H groups in total. The summed E-state index contributed by atoms with van der Waals surface area (Å²) >= 11 is 5.90. The molecule has 0 spiro atoms.